The van der Waals surface area contributed by atoms with Crippen molar-refractivity contribution in [2.24, 2.45) is 0 Å². The minimum Gasteiger partial charge on any atom is -0.383 e. The Labute approximate surface area is 331 Å². The zero-order valence-corrected chi connectivity index (χ0v) is 31.8. The van der Waals surface area contributed by atoms with Crippen molar-refractivity contribution in [1.29, 1.82) is 0 Å². The van der Waals surface area contributed by atoms with Crippen LogP contribution in [0.15, 0.2) is 85.2 Å². The van der Waals surface area contributed by atoms with Gasteiger partial charge in [-0.2, -0.15) is 10.2 Å². The predicted octanol–water partition coefficient (Wildman–Crippen LogP) is 6.50. The van der Waals surface area contributed by atoms with Gasteiger partial charge in [-0.25, -0.2) is 22.5 Å². The van der Waals surface area contributed by atoms with Gasteiger partial charge in [0, 0.05) is 40.4 Å². The average Bonchev–Trinajstić information content (AvgIpc) is 4.12. The van der Waals surface area contributed by atoms with E-state index in [-0.39, 0.29) is 63.8 Å². The molecule has 0 atom stereocenters. The van der Waals surface area contributed by atoms with E-state index < -0.39 is 17.4 Å². The largest absolute Gasteiger partial charge is 0.383 e. The summed E-state index contributed by atoms with van der Waals surface area (Å²) in [5.41, 5.74) is 16.9. The molecule has 0 bridgehead atoms. The van der Waals surface area contributed by atoms with Crippen molar-refractivity contribution in [2.75, 3.05) is 11.5 Å². The molecule has 0 radical (unpaired) electrons. The molecule has 296 valence electrons. The summed E-state index contributed by atoms with van der Waals surface area (Å²) in [7, 11) is 0. The maximum absolute atomic E-state index is 13.5. The summed E-state index contributed by atoms with van der Waals surface area (Å²) in [5.74, 6) is -3.22. The predicted molar refractivity (Wildman–Crippen MR) is 211 cm³/mol. The molecule has 0 unspecified atom stereocenters. The molecule has 0 spiro atoms. The van der Waals surface area contributed by atoms with E-state index in [0.717, 1.165) is 48.9 Å². The fourth-order valence-corrected chi connectivity index (χ4v) is 6.18. The highest BCUT2D eigenvalue weighted by atomic mass is 19.1. The molecule has 58 heavy (non-hydrogen) atoms. The summed E-state index contributed by atoms with van der Waals surface area (Å²) in [6.45, 7) is 5.30. The SMILES string of the molecule is Cc1cc(C(=O)c2cnn(-c3cc(C(=O)NC4CC4)ccc3C)c2N)ccc1F.Cc1ccc(C(=O)NC2CC2)cc1-n1ncc(C(=O)c2cc(F)cc(F)c2)c1N. The van der Waals surface area contributed by atoms with Crippen molar-refractivity contribution in [3.63, 3.8) is 0 Å². The van der Waals surface area contributed by atoms with E-state index in [1.165, 1.54) is 40.0 Å². The van der Waals surface area contributed by atoms with Crippen molar-refractivity contribution in [1.82, 2.24) is 30.2 Å². The Balaban J connectivity index is 0.000000177. The van der Waals surface area contributed by atoms with E-state index in [2.05, 4.69) is 20.8 Å². The van der Waals surface area contributed by atoms with Crippen LogP contribution in [0.4, 0.5) is 24.8 Å². The number of rotatable bonds is 10. The number of anilines is 2. The smallest absolute Gasteiger partial charge is 0.251 e. The Morgan fingerprint density at radius 1 is 0.569 bits per heavy atom. The van der Waals surface area contributed by atoms with Crippen LogP contribution in [-0.4, -0.2) is 55.0 Å². The number of hydrogen-bond donors (Lipinski definition) is 4. The first-order valence-corrected chi connectivity index (χ1v) is 18.5. The van der Waals surface area contributed by atoms with E-state index in [0.29, 0.717) is 39.7 Å². The van der Waals surface area contributed by atoms with E-state index >= 15 is 0 Å². The van der Waals surface area contributed by atoms with Gasteiger partial charge in [0.25, 0.3) is 11.8 Å². The van der Waals surface area contributed by atoms with Crippen LogP contribution in [0.3, 0.4) is 0 Å². The number of ketones is 2. The molecule has 6 aromatic rings. The molecule has 2 saturated carbocycles. The first kappa shape index (κ1) is 39.2. The van der Waals surface area contributed by atoms with Gasteiger partial charge in [0.15, 0.2) is 11.6 Å². The van der Waals surface area contributed by atoms with Gasteiger partial charge in [-0.1, -0.05) is 12.1 Å². The number of hydrogen-bond acceptors (Lipinski definition) is 8. The normalized spacial score (nSPS) is 13.3. The highest BCUT2D eigenvalue weighted by molar-refractivity contribution is 6.12. The Morgan fingerprint density at radius 2 is 1.00 bits per heavy atom. The summed E-state index contributed by atoms with van der Waals surface area (Å²) >= 11 is 0. The van der Waals surface area contributed by atoms with Gasteiger partial charge < -0.3 is 22.1 Å². The van der Waals surface area contributed by atoms with Crippen molar-refractivity contribution >= 4 is 35.0 Å². The molecule has 2 fully saturated rings. The molecule has 15 heteroatoms. The summed E-state index contributed by atoms with van der Waals surface area (Å²) < 4.78 is 43.2. The number of nitrogens with one attached hydrogen (secondary N) is 2. The monoisotopic (exact) mass is 788 g/mol. The molecule has 0 saturated heterocycles. The van der Waals surface area contributed by atoms with Crippen LogP contribution in [0.2, 0.25) is 0 Å². The number of carbonyl (C=O) groups excluding carboxylic acids is 4. The maximum Gasteiger partial charge on any atom is 0.251 e. The third-order valence-corrected chi connectivity index (χ3v) is 9.87. The van der Waals surface area contributed by atoms with E-state index in [1.54, 1.807) is 37.3 Å². The minimum atomic E-state index is -0.857. The number of carbonyl (C=O) groups is 4. The van der Waals surface area contributed by atoms with Gasteiger partial charge in [0.05, 0.1) is 34.9 Å². The number of nitrogens with two attached hydrogens (primary N) is 2. The lowest BCUT2D eigenvalue weighted by molar-refractivity contribution is 0.0942. The molecule has 2 aliphatic rings. The minimum absolute atomic E-state index is 0.0160. The number of amides is 2. The Bertz CT molecular complexity index is 2610. The van der Waals surface area contributed by atoms with Crippen LogP contribution in [0, 0.1) is 38.2 Å². The van der Waals surface area contributed by atoms with Gasteiger partial charge in [-0.05, 0) is 118 Å². The lowest BCUT2D eigenvalue weighted by Gasteiger charge is -2.11. The Kier molecular flexibility index (Phi) is 10.7. The molecule has 2 heterocycles. The Hall–Kier alpha value is -7.03. The zero-order valence-electron chi connectivity index (χ0n) is 31.8. The quantitative estimate of drug-likeness (QED) is 0.114. The van der Waals surface area contributed by atoms with E-state index in [4.69, 9.17) is 11.5 Å². The van der Waals surface area contributed by atoms with Crippen LogP contribution < -0.4 is 22.1 Å². The fourth-order valence-electron chi connectivity index (χ4n) is 6.18. The molecular formula is C43H39F3N8O4. The molecule has 4 aromatic carbocycles. The molecule has 2 aliphatic carbocycles. The zero-order chi connectivity index (χ0) is 41.4. The van der Waals surface area contributed by atoms with Crippen molar-refractivity contribution in [2.45, 2.75) is 58.5 Å². The molecular weight excluding hydrogens is 750 g/mol. The number of aryl methyl sites for hydroxylation is 3. The lowest BCUT2D eigenvalue weighted by Crippen LogP contribution is -2.25. The van der Waals surface area contributed by atoms with E-state index in [1.807, 2.05) is 19.9 Å². The summed E-state index contributed by atoms with van der Waals surface area (Å²) in [4.78, 5) is 50.2. The molecule has 6 N–H and O–H groups in total. The molecule has 8 rings (SSSR count). The summed E-state index contributed by atoms with van der Waals surface area (Å²) in [5, 5.41) is 14.3. The average molecular weight is 789 g/mol. The fraction of sp³-hybridized carbons (Fsp3) is 0.209. The molecule has 12 nitrogen and oxygen atoms in total. The second kappa shape index (κ2) is 15.8. The van der Waals surface area contributed by atoms with Crippen LogP contribution in [0.1, 0.15) is 94.9 Å². The number of nitrogens with zero attached hydrogens (tertiary/aromatic N) is 4. The number of nitrogen functional groups attached to an aromatic ring is 2. The van der Waals surface area contributed by atoms with Gasteiger partial charge in [0.1, 0.15) is 29.1 Å². The Morgan fingerprint density at radius 3 is 1.43 bits per heavy atom. The number of halogens is 3. The van der Waals surface area contributed by atoms with Crippen LogP contribution in [0.5, 0.6) is 0 Å². The van der Waals surface area contributed by atoms with Crippen molar-refractivity contribution in [3.05, 3.63) is 153 Å². The molecule has 2 amide bonds. The van der Waals surface area contributed by atoms with Gasteiger partial charge in [0.2, 0.25) is 0 Å². The van der Waals surface area contributed by atoms with Crippen molar-refractivity contribution < 1.29 is 32.3 Å². The number of benzene rings is 4. The standard InChI is InChI=1S/C22H21FN4O2.C21H18F2N4O2/c1-12-3-4-15(22(29)26-16-6-7-16)10-19(12)27-21(24)17(11-25-27)20(28)14-5-8-18(23)13(2)9-14;1-11-2-3-12(21(29)26-16-4-5-16)8-18(11)27-20(24)17(10-25-27)19(28)13-6-14(22)9-15(23)7-13/h3-5,8-11,16H,6-7,24H2,1-2H3,(H,26,29);2-3,6-10,16H,4-5,24H2,1H3,(H,26,29). The second-order valence-electron chi connectivity index (χ2n) is 14.5. The molecule has 0 aliphatic heterocycles. The summed E-state index contributed by atoms with van der Waals surface area (Å²) in [6.07, 6.45) is 6.60. The third-order valence-electron chi connectivity index (χ3n) is 9.87. The second-order valence-corrected chi connectivity index (χ2v) is 14.5. The van der Waals surface area contributed by atoms with Crippen LogP contribution in [-0.2, 0) is 0 Å². The van der Waals surface area contributed by atoms with Gasteiger partial charge in [-0.15, -0.1) is 0 Å². The first-order chi connectivity index (χ1) is 27.7. The van der Waals surface area contributed by atoms with E-state index in [9.17, 15) is 32.3 Å². The van der Waals surface area contributed by atoms with Crippen molar-refractivity contribution in [3.8, 4) is 11.4 Å². The lowest BCUT2D eigenvalue weighted by atomic mass is 10.0. The highest BCUT2D eigenvalue weighted by Crippen LogP contribution is 2.27. The summed E-state index contributed by atoms with van der Waals surface area (Å²) in [6, 6.07) is 17.6. The first-order valence-electron chi connectivity index (χ1n) is 18.5. The highest BCUT2D eigenvalue weighted by Gasteiger charge is 2.26. The van der Waals surface area contributed by atoms with Crippen LogP contribution in [0.25, 0.3) is 11.4 Å². The molecule has 2 aromatic heterocycles. The number of aromatic nitrogens is 4. The topological polar surface area (TPSA) is 180 Å². The van der Waals surface area contributed by atoms with Gasteiger partial charge in [-0.3, -0.25) is 19.2 Å². The third kappa shape index (κ3) is 8.38. The maximum atomic E-state index is 13.5. The van der Waals surface area contributed by atoms with Gasteiger partial charge >= 0.3 is 0 Å². The van der Waals surface area contributed by atoms with Crippen LogP contribution >= 0.6 is 0 Å².